The number of nitrogens with one attached hydrogen (secondary N) is 2. The molecule has 0 aliphatic carbocycles. The van der Waals surface area contributed by atoms with Crippen LogP contribution in [0.15, 0.2) is 4.42 Å². The van der Waals surface area contributed by atoms with Gasteiger partial charge in [-0.15, -0.1) is 5.10 Å². The number of fused-ring (bicyclic) bond motifs is 1. The lowest BCUT2D eigenvalue weighted by Crippen LogP contribution is -2.52. The van der Waals surface area contributed by atoms with Gasteiger partial charge < -0.3 is 24.9 Å². The Morgan fingerprint density at radius 1 is 1.45 bits per heavy atom. The van der Waals surface area contributed by atoms with Crippen LogP contribution in [0.1, 0.15) is 19.2 Å². The van der Waals surface area contributed by atoms with Crippen LogP contribution in [-0.4, -0.2) is 59.9 Å². The lowest BCUT2D eigenvalue weighted by atomic mass is 10.2. The van der Waals surface area contributed by atoms with Crippen LogP contribution < -0.4 is 15.5 Å². The summed E-state index contributed by atoms with van der Waals surface area (Å²) < 4.78 is 5.66. The van der Waals surface area contributed by atoms with Crippen molar-refractivity contribution in [3.05, 3.63) is 5.89 Å². The predicted octanol–water partition coefficient (Wildman–Crippen LogP) is -0.217. The molecule has 8 heteroatoms. The zero-order valence-electron chi connectivity index (χ0n) is 11.6. The van der Waals surface area contributed by atoms with Gasteiger partial charge in [0.15, 0.2) is 0 Å². The SMILES string of the molecule is CCCNCc1nnc(N2CCN3C(=O)NCC3C2)o1. The lowest BCUT2D eigenvalue weighted by Gasteiger charge is -2.35. The maximum atomic E-state index is 11.5. The fraction of sp³-hybridized carbons (Fsp3) is 0.750. The van der Waals surface area contributed by atoms with E-state index in [9.17, 15) is 4.79 Å². The number of anilines is 1. The van der Waals surface area contributed by atoms with E-state index in [2.05, 4.69) is 32.7 Å². The molecule has 1 aromatic heterocycles. The van der Waals surface area contributed by atoms with Gasteiger partial charge in [0, 0.05) is 26.2 Å². The number of carbonyl (C=O) groups is 1. The monoisotopic (exact) mass is 280 g/mol. The van der Waals surface area contributed by atoms with Gasteiger partial charge in [0.05, 0.1) is 12.6 Å². The van der Waals surface area contributed by atoms with Crippen LogP contribution >= 0.6 is 0 Å². The van der Waals surface area contributed by atoms with Crippen molar-refractivity contribution >= 4 is 12.0 Å². The molecule has 0 aromatic carbocycles. The van der Waals surface area contributed by atoms with Crippen molar-refractivity contribution in [2.75, 3.05) is 37.6 Å². The number of amides is 2. The summed E-state index contributed by atoms with van der Waals surface area (Å²) in [6, 6.07) is 0.784. The lowest BCUT2D eigenvalue weighted by molar-refractivity contribution is 0.196. The van der Waals surface area contributed by atoms with E-state index in [0.29, 0.717) is 31.5 Å². The maximum absolute atomic E-state index is 11.5. The Kier molecular flexibility index (Phi) is 3.72. The van der Waals surface area contributed by atoms with Gasteiger partial charge in [-0.3, -0.25) is 0 Å². The van der Waals surface area contributed by atoms with E-state index in [4.69, 9.17) is 4.42 Å². The number of piperazine rings is 1. The molecule has 0 saturated carbocycles. The molecule has 20 heavy (non-hydrogen) atoms. The third-order valence-corrected chi connectivity index (χ3v) is 3.66. The Morgan fingerprint density at radius 2 is 2.35 bits per heavy atom. The highest BCUT2D eigenvalue weighted by molar-refractivity contribution is 5.77. The molecule has 2 N–H and O–H groups in total. The Labute approximate surface area is 117 Å². The average molecular weight is 280 g/mol. The van der Waals surface area contributed by atoms with Crippen molar-refractivity contribution in [3.8, 4) is 0 Å². The molecule has 8 nitrogen and oxygen atoms in total. The number of urea groups is 1. The summed E-state index contributed by atoms with van der Waals surface area (Å²) in [5.41, 5.74) is 0. The fourth-order valence-corrected chi connectivity index (χ4v) is 2.59. The van der Waals surface area contributed by atoms with Crippen LogP contribution in [0.5, 0.6) is 0 Å². The van der Waals surface area contributed by atoms with Crippen molar-refractivity contribution in [1.82, 2.24) is 25.7 Å². The van der Waals surface area contributed by atoms with Gasteiger partial charge in [-0.05, 0) is 13.0 Å². The summed E-state index contributed by atoms with van der Waals surface area (Å²) >= 11 is 0. The summed E-state index contributed by atoms with van der Waals surface area (Å²) in [4.78, 5) is 15.5. The van der Waals surface area contributed by atoms with Gasteiger partial charge in [-0.1, -0.05) is 12.0 Å². The van der Waals surface area contributed by atoms with E-state index in [-0.39, 0.29) is 12.1 Å². The molecule has 2 aliphatic heterocycles. The quantitative estimate of drug-likeness (QED) is 0.725. The van der Waals surface area contributed by atoms with Crippen LogP contribution in [0.3, 0.4) is 0 Å². The minimum atomic E-state index is 0.0321. The Bertz CT molecular complexity index is 476. The average Bonchev–Trinajstić information content (AvgIpc) is 3.07. The summed E-state index contributed by atoms with van der Waals surface area (Å²) in [6.45, 7) is 6.51. The van der Waals surface area contributed by atoms with Crippen molar-refractivity contribution in [3.63, 3.8) is 0 Å². The molecule has 0 spiro atoms. The van der Waals surface area contributed by atoms with Crippen molar-refractivity contribution < 1.29 is 9.21 Å². The van der Waals surface area contributed by atoms with Gasteiger partial charge >= 0.3 is 12.0 Å². The van der Waals surface area contributed by atoms with Crippen molar-refractivity contribution in [2.45, 2.75) is 25.9 Å². The first-order chi connectivity index (χ1) is 9.78. The number of nitrogens with zero attached hydrogens (tertiary/aromatic N) is 4. The van der Waals surface area contributed by atoms with Crippen LogP contribution in [0.4, 0.5) is 10.8 Å². The minimum absolute atomic E-state index is 0.0321. The van der Waals surface area contributed by atoms with E-state index in [1.54, 1.807) is 0 Å². The second-order valence-corrected chi connectivity index (χ2v) is 5.13. The van der Waals surface area contributed by atoms with Crippen LogP contribution in [0.2, 0.25) is 0 Å². The number of hydrogen-bond donors (Lipinski definition) is 2. The van der Waals surface area contributed by atoms with Gasteiger partial charge in [-0.2, -0.15) is 0 Å². The van der Waals surface area contributed by atoms with Gasteiger partial charge in [0.1, 0.15) is 0 Å². The van der Waals surface area contributed by atoms with Crippen LogP contribution in [0.25, 0.3) is 0 Å². The van der Waals surface area contributed by atoms with Crippen molar-refractivity contribution in [2.24, 2.45) is 0 Å². The van der Waals surface area contributed by atoms with Gasteiger partial charge in [-0.25, -0.2) is 4.79 Å². The molecule has 110 valence electrons. The molecule has 3 rings (SSSR count). The molecule has 2 aliphatic rings. The topological polar surface area (TPSA) is 86.5 Å². The minimum Gasteiger partial charge on any atom is -0.407 e. The number of rotatable bonds is 5. The van der Waals surface area contributed by atoms with E-state index >= 15 is 0 Å². The van der Waals surface area contributed by atoms with Crippen LogP contribution in [-0.2, 0) is 6.54 Å². The van der Waals surface area contributed by atoms with E-state index < -0.39 is 0 Å². The number of aromatic nitrogens is 2. The summed E-state index contributed by atoms with van der Waals surface area (Å²) in [5.74, 6) is 0.608. The fourth-order valence-electron chi connectivity index (χ4n) is 2.59. The molecular formula is C12H20N6O2. The molecule has 1 aromatic rings. The van der Waals surface area contributed by atoms with E-state index in [0.717, 1.165) is 26.1 Å². The second-order valence-electron chi connectivity index (χ2n) is 5.13. The molecule has 0 radical (unpaired) electrons. The largest absolute Gasteiger partial charge is 0.407 e. The third-order valence-electron chi connectivity index (χ3n) is 3.66. The molecule has 0 bridgehead atoms. The smallest absolute Gasteiger partial charge is 0.318 e. The first kappa shape index (κ1) is 13.2. The molecule has 1 unspecified atom stereocenters. The van der Waals surface area contributed by atoms with Crippen LogP contribution in [0, 0.1) is 0 Å². The highest BCUT2D eigenvalue weighted by Gasteiger charge is 2.36. The normalized spacial score (nSPS) is 22.1. The first-order valence-electron chi connectivity index (χ1n) is 7.10. The molecule has 1 atom stereocenters. The van der Waals surface area contributed by atoms with Gasteiger partial charge in [0.25, 0.3) is 0 Å². The molecule has 2 amide bonds. The van der Waals surface area contributed by atoms with E-state index in [1.807, 2.05) is 4.90 Å². The zero-order valence-corrected chi connectivity index (χ0v) is 11.6. The van der Waals surface area contributed by atoms with Gasteiger partial charge in [0.2, 0.25) is 5.89 Å². The van der Waals surface area contributed by atoms with E-state index in [1.165, 1.54) is 0 Å². The molecule has 2 saturated heterocycles. The summed E-state index contributed by atoms with van der Waals surface area (Å²) in [5, 5.41) is 14.2. The summed E-state index contributed by atoms with van der Waals surface area (Å²) in [6.07, 6.45) is 1.08. The first-order valence-corrected chi connectivity index (χ1v) is 7.10. The molecule has 3 heterocycles. The second kappa shape index (κ2) is 5.66. The Balaban J connectivity index is 1.58. The molecular weight excluding hydrogens is 260 g/mol. The Hall–Kier alpha value is -1.83. The predicted molar refractivity (Wildman–Crippen MR) is 72.4 cm³/mol. The zero-order chi connectivity index (χ0) is 13.9. The van der Waals surface area contributed by atoms with Crippen molar-refractivity contribution in [1.29, 1.82) is 0 Å². The summed E-state index contributed by atoms with van der Waals surface area (Å²) in [7, 11) is 0. The number of carbonyl (C=O) groups excluding carboxylic acids is 1. The molecule has 2 fully saturated rings. The maximum Gasteiger partial charge on any atom is 0.318 e. The number of hydrogen-bond acceptors (Lipinski definition) is 6. The highest BCUT2D eigenvalue weighted by Crippen LogP contribution is 2.20. The third kappa shape index (κ3) is 2.55. The standard InChI is InChI=1S/C12H20N6O2/c1-2-3-13-7-10-15-16-12(20-10)17-4-5-18-9(8-17)6-14-11(18)19/h9,13H,2-8H2,1H3,(H,14,19). The highest BCUT2D eigenvalue weighted by atomic mass is 16.4. The Morgan fingerprint density at radius 3 is 3.20 bits per heavy atom.